The Balaban J connectivity index is -0.0000000375. The van der Waals surface area contributed by atoms with E-state index in [2.05, 4.69) is 13.6 Å². The van der Waals surface area contributed by atoms with Gasteiger partial charge in [0.25, 0.3) is 0 Å². The van der Waals surface area contributed by atoms with Crippen molar-refractivity contribution >= 4 is 24.8 Å². The summed E-state index contributed by atoms with van der Waals surface area (Å²) in [6, 6.07) is 0. The van der Waals surface area contributed by atoms with Gasteiger partial charge in [0.15, 0.2) is 0 Å². The first-order chi connectivity index (χ1) is 8.31. The fraction of sp³-hybridized carbons (Fsp3) is 1.00. The van der Waals surface area contributed by atoms with Crippen molar-refractivity contribution < 1.29 is 196 Å². The molecule has 114 valence electrons. The average molecular weight is 444 g/mol. The molecule has 3 atom stereocenters. The summed E-state index contributed by atoms with van der Waals surface area (Å²) >= 11 is 0. The van der Waals surface area contributed by atoms with Gasteiger partial charge in [0.2, 0.25) is 0 Å². The second-order valence-corrected chi connectivity index (χ2v) is 4.42. The molecule has 21 heavy (non-hydrogen) atoms. The Bertz CT molecular complexity index is 209. The largest absolute Gasteiger partial charge is 1.00 e. The van der Waals surface area contributed by atoms with Crippen molar-refractivity contribution in [2.24, 2.45) is 0 Å². The smallest absolute Gasteiger partial charge is 0.781 e. The van der Waals surface area contributed by atoms with E-state index in [1.165, 1.54) is 0 Å². The van der Waals surface area contributed by atoms with Crippen LogP contribution in [0.3, 0.4) is 0 Å². The van der Waals surface area contributed by atoms with Crippen LogP contribution >= 0.6 is 24.8 Å². The molecule has 0 spiro atoms. The number of rotatable bonds is 6. The van der Waals surface area contributed by atoms with Crippen molar-refractivity contribution in [3.8, 4) is 0 Å². The number of hydrogen-bond acceptors (Lipinski definition) is 9. The fourth-order valence-electron chi connectivity index (χ4n) is 0.354. The molecule has 0 fully saturated rings. The third-order valence-corrected chi connectivity index (χ3v) is 2.36. The summed E-state index contributed by atoms with van der Waals surface area (Å²) < 4.78 is 40.5. The van der Waals surface area contributed by atoms with Gasteiger partial charge in [0.1, 0.15) is 24.8 Å². The van der Waals surface area contributed by atoms with E-state index in [1.807, 2.05) is 0 Å². The molecule has 9 nitrogen and oxygen atoms in total. The summed E-state index contributed by atoms with van der Waals surface area (Å²) in [5.41, 5.74) is 0. The molecule has 0 aromatic carbocycles. The molecule has 0 aromatic heterocycles. The summed E-state index contributed by atoms with van der Waals surface area (Å²) in [7, 11) is -8.66. The van der Waals surface area contributed by atoms with Crippen molar-refractivity contribution in [2.45, 2.75) is 20.8 Å². The van der Waals surface area contributed by atoms with Crippen LogP contribution in [0.4, 0.5) is 0 Å². The molecule has 0 N–H and O–H groups in total. The van der Waals surface area contributed by atoms with Gasteiger partial charge in [-0.25, -0.2) is 0 Å². The summed E-state index contributed by atoms with van der Waals surface area (Å²) in [5.74, 6) is 0. The minimum absolute atomic E-state index is 0. The van der Waals surface area contributed by atoms with E-state index in [0.29, 0.717) is 0 Å². The first kappa shape index (κ1) is 40.9. The van der Waals surface area contributed by atoms with Gasteiger partial charge in [0.05, 0.1) is 0 Å². The molecule has 0 rings (SSSR count). The molecule has 0 radical (unpaired) electrons. The summed E-state index contributed by atoms with van der Waals surface area (Å²) in [6.45, 7) is 5.63. The SMILES string of the molecule is CCO[PH](=O)[O-].CCO[PH](=O)[O-].CCO[PH](=O)[O-].[K+].[K+].[K+]. The Labute approximate surface area is 255 Å². The Morgan fingerprint density at radius 2 is 0.762 bits per heavy atom. The minimum atomic E-state index is -2.89. The molecule has 0 saturated heterocycles. The molecular formula is C6H18K3O9P3. The Morgan fingerprint density at radius 1 is 0.619 bits per heavy atom. The van der Waals surface area contributed by atoms with E-state index in [-0.39, 0.29) is 174 Å². The van der Waals surface area contributed by atoms with Crippen LogP contribution < -0.4 is 169 Å². The van der Waals surface area contributed by atoms with Crippen LogP contribution in [0.5, 0.6) is 0 Å². The predicted molar refractivity (Wildman–Crippen MR) is 61.9 cm³/mol. The van der Waals surface area contributed by atoms with E-state index in [4.69, 9.17) is 0 Å². The van der Waals surface area contributed by atoms with Gasteiger partial charge in [-0.05, 0) is 20.8 Å². The zero-order valence-corrected chi connectivity index (χ0v) is 25.7. The average Bonchev–Trinajstić information content (AvgIpc) is 2.18. The monoisotopic (exact) mass is 444 g/mol. The minimum Gasteiger partial charge on any atom is -0.781 e. The van der Waals surface area contributed by atoms with Crippen LogP contribution in [0.2, 0.25) is 0 Å². The normalized spacial score (nSPS) is 12.3. The first-order valence-electron chi connectivity index (χ1n) is 4.82. The van der Waals surface area contributed by atoms with Crippen LogP contribution in [0.1, 0.15) is 20.8 Å². The quantitative estimate of drug-likeness (QED) is 0.288. The molecule has 0 heterocycles. The zero-order valence-electron chi connectivity index (χ0n) is 13.3. The van der Waals surface area contributed by atoms with Crippen molar-refractivity contribution in [1.29, 1.82) is 0 Å². The van der Waals surface area contributed by atoms with Crippen molar-refractivity contribution in [1.82, 2.24) is 0 Å². The van der Waals surface area contributed by atoms with Gasteiger partial charge >= 0.3 is 154 Å². The molecule has 0 aliphatic heterocycles. The van der Waals surface area contributed by atoms with Gasteiger partial charge < -0.3 is 41.9 Å². The molecule has 0 aliphatic rings. The molecule has 0 bridgehead atoms. The van der Waals surface area contributed by atoms with Crippen LogP contribution in [-0.2, 0) is 27.3 Å². The fourth-order valence-corrected chi connectivity index (χ4v) is 1.06. The molecule has 3 unspecified atom stereocenters. The Kier molecular flexibility index (Phi) is 70.7. The second kappa shape index (κ2) is 36.3. The molecule has 15 heteroatoms. The second-order valence-electron chi connectivity index (χ2n) is 2.05. The van der Waals surface area contributed by atoms with Gasteiger partial charge in [0, 0.05) is 19.8 Å². The summed E-state index contributed by atoms with van der Waals surface area (Å²) in [5, 5.41) is 0. The zero-order chi connectivity index (χ0) is 15.0. The van der Waals surface area contributed by atoms with E-state index < -0.39 is 24.8 Å². The topological polar surface area (TPSA) is 148 Å². The van der Waals surface area contributed by atoms with E-state index >= 15 is 0 Å². The van der Waals surface area contributed by atoms with Crippen molar-refractivity contribution in [2.75, 3.05) is 19.8 Å². The maximum absolute atomic E-state index is 9.45. The predicted octanol–water partition coefficient (Wildman–Crippen LogP) is -9.67. The standard InChI is InChI=1S/3C2H7O3P.3K/c3*1-2-5-6(3)4;;;/h3*6H,2H2,1H3,(H,3,4);;;/q;;;3*+1/p-3. The van der Waals surface area contributed by atoms with E-state index in [1.54, 1.807) is 20.8 Å². The summed E-state index contributed by atoms with van der Waals surface area (Å²) in [6.07, 6.45) is 0. The molecule has 0 aromatic rings. The molecule has 0 aliphatic carbocycles. The molecular weight excluding hydrogens is 426 g/mol. The van der Waals surface area contributed by atoms with Gasteiger partial charge in [-0.3, -0.25) is 0 Å². The van der Waals surface area contributed by atoms with Crippen LogP contribution in [-0.4, -0.2) is 19.8 Å². The third kappa shape index (κ3) is 67.1. The van der Waals surface area contributed by atoms with Crippen molar-refractivity contribution in [3.05, 3.63) is 0 Å². The van der Waals surface area contributed by atoms with E-state index in [9.17, 15) is 28.4 Å². The van der Waals surface area contributed by atoms with E-state index in [0.717, 1.165) is 0 Å². The first-order valence-corrected chi connectivity index (χ1v) is 8.50. The van der Waals surface area contributed by atoms with Crippen LogP contribution in [0, 0.1) is 0 Å². The van der Waals surface area contributed by atoms with Crippen LogP contribution in [0.15, 0.2) is 0 Å². The molecule has 0 saturated carbocycles. The van der Waals surface area contributed by atoms with Gasteiger partial charge in [-0.2, -0.15) is 0 Å². The molecule has 0 amide bonds. The maximum atomic E-state index is 9.45. The van der Waals surface area contributed by atoms with Gasteiger partial charge in [-0.1, -0.05) is 0 Å². The third-order valence-electron chi connectivity index (χ3n) is 0.787. The van der Waals surface area contributed by atoms with Crippen LogP contribution in [0.25, 0.3) is 0 Å². The Hall–Kier alpha value is 5.36. The van der Waals surface area contributed by atoms with Crippen molar-refractivity contribution in [3.63, 3.8) is 0 Å². The van der Waals surface area contributed by atoms with Gasteiger partial charge in [-0.15, -0.1) is 0 Å². The number of hydrogen-bond donors (Lipinski definition) is 0. The maximum Gasteiger partial charge on any atom is 1.00 e. The Morgan fingerprint density at radius 3 is 0.762 bits per heavy atom. The summed E-state index contributed by atoms with van der Waals surface area (Å²) in [4.78, 5) is 28.4.